The van der Waals surface area contributed by atoms with Crippen molar-refractivity contribution in [1.29, 1.82) is 0 Å². The summed E-state index contributed by atoms with van der Waals surface area (Å²) in [6.45, 7) is 7.63. The van der Waals surface area contributed by atoms with Crippen molar-refractivity contribution >= 4 is 17.8 Å². The lowest BCUT2D eigenvalue weighted by molar-refractivity contribution is -0.136. The smallest absolute Gasteiger partial charge is 0.331 e. The first kappa shape index (κ1) is 16.7. The van der Waals surface area contributed by atoms with E-state index in [1.54, 1.807) is 12.1 Å². The van der Waals surface area contributed by atoms with Crippen LogP contribution in [0.25, 0.3) is 6.08 Å². The Morgan fingerprint density at radius 3 is 2.52 bits per heavy atom. The molecule has 4 heteroatoms. The minimum atomic E-state index is -0.576. The van der Waals surface area contributed by atoms with E-state index in [2.05, 4.69) is 0 Å². The summed E-state index contributed by atoms with van der Waals surface area (Å²) in [6.07, 6.45) is 4.25. The van der Waals surface area contributed by atoms with E-state index in [1.807, 2.05) is 33.8 Å². The Labute approximate surface area is 135 Å². The number of rotatable bonds is 5. The molecule has 120 valence electrons. The van der Waals surface area contributed by atoms with Crippen LogP contribution in [0.3, 0.4) is 0 Å². The minimum Gasteiger partial charge on any atom is -0.465 e. The van der Waals surface area contributed by atoms with E-state index < -0.39 is 5.97 Å². The number of Topliss-reactive ketones (excluding diaryl/α,β-unsaturated/α-hetero) is 1. The number of ether oxygens (including phenoxy) is 1. The molecule has 0 unspecified atom stereocenters. The first-order valence-corrected chi connectivity index (χ1v) is 7.39. The first-order chi connectivity index (χ1) is 10.9. The van der Waals surface area contributed by atoms with Gasteiger partial charge in [0.2, 0.25) is 5.78 Å². The van der Waals surface area contributed by atoms with Gasteiger partial charge in [-0.25, -0.2) is 4.79 Å². The van der Waals surface area contributed by atoms with Gasteiger partial charge in [-0.2, -0.15) is 0 Å². The van der Waals surface area contributed by atoms with E-state index >= 15 is 0 Å². The van der Waals surface area contributed by atoms with Gasteiger partial charge in [0.15, 0.2) is 6.61 Å². The van der Waals surface area contributed by atoms with Gasteiger partial charge in [0, 0.05) is 11.6 Å². The van der Waals surface area contributed by atoms with Crippen molar-refractivity contribution in [2.75, 3.05) is 6.61 Å². The quantitative estimate of drug-likeness (QED) is 0.476. The highest BCUT2D eigenvalue weighted by molar-refractivity contribution is 6.00. The summed E-state index contributed by atoms with van der Waals surface area (Å²) < 4.78 is 10.1. The zero-order chi connectivity index (χ0) is 17.0. The van der Waals surface area contributed by atoms with Gasteiger partial charge < -0.3 is 9.15 Å². The Hall–Kier alpha value is -2.62. The molecule has 0 atom stereocenters. The zero-order valence-corrected chi connectivity index (χ0v) is 13.8. The molecule has 0 spiro atoms. The van der Waals surface area contributed by atoms with Gasteiger partial charge in [-0.05, 0) is 74.2 Å². The van der Waals surface area contributed by atoms with Crippen LogP contribution in [0, 0.1) is 27.7 Å². The zero-order valence-electron chi connectivity index (χ0n) is 13.8. The van der Waals surface area contributed by atoms with Gasteiger partial charge in [-0.1, -0.05) is 0 Å². The number of aryl methyl sites for hydroxylation is 1. The summed E-state index contributed by atoms with van der Waals surface area (Å²) in [5.41, 5.74) is 4.86. The summed E-state index contributed by atoms with van der Waals surface area (Å²) in [7, 11) is 0. The Balaban J connectivity index is 2.01. The maximum absolute atomic E-state index is 12.3. The van der Waals surface area contributed by atoms with E-state index in [0.29, 0.717) is 11.3 Å². The lowest BCUT2D eigenvalue weighted by Crippen LogP contribution is -2.15. The molecule has 0 aliphatic carbocycles. The molecule has 0 bridgehead atoms. The van der Waals surface area contributed by atoms with Gasteiger partial charge in [0.25, 0.3) is 0 Å². The number of esters is 1. The molecule has 0 aliphatic rings. The summed E-state index contributed by atoms with van der Waals surface area (Å²) in [5, 5.41) is 0. The first-order valence-electron chi connectivity index (χ1n) is 7.39. The number of hydrogen-bond acceptors (Lipinski definition) is 4. The Morgan fingerprint density at radius 1 is 1.13 bits per heavy atom. The summed E-state index contributed by atoms with van der Waals surface area (Å²) in [6, 6.07) is 5.29. The molecule has 2 rings (SSSR count). The molecule has 1 aromatic heterocycles. The number of furan rings is 1. The van der Waals surface area contributed by atoms with Crippen LogP contribution in [-0.4, -0.2) is 18.4 Å². The minimum absolute atomic E-state index is 0.201. The van der Waals surface area contributed by atoms with E-state index in [-0.39, 0.29) is 12.4 Å². The molecule has 23 heavy (non-hydrogen) atoms. The number of ketones is 1. The van der Waals surface area contributed by atoms with Gasteiger partial charge in [0.05, 0.1) is 6.26 Å². The van der Waals surface area contributed by atoms with Gasteiger partial charge in [-0.15, -0.1) is 0 Å². The molecule has 1 aromatic carbocycles. The van der Waals surface area contributed by atoms with Gasteiger partial charge in [0.1, 0.15) is 5.76 Å². The number of carbonyl (C=O) groups is 2. The van der Waals surface area contributed by atoms with Crippen molar-refractivity contribution in [3.8, 4) is 0 Å². The van der Waals surface area contributed by atoms with Crippen LogP contribution >= 0.6 is 0 Å². The monoisotopic (exact) mass is 312 g/mol. The van der Waals surface area contributed by atoms with Crippen molar-refractivity contribution in [3.63, 3.8) is 0 Å². The molecule has 0 fully saturated rings. The van der Waals surface area contributed by atoms with Crippen LogP contribution in [0.15, 0.2) is 35.0 Å². The Morgan fingerprint density at radius 2 is 1.87 bits per heavy atom. The second kappa shape index (κ2) is 7.09. The molecule has 0 aliphatic heterocycles. The van der Waals surface area contributed by atoms with Crippen LogP contribution in [0.5, 0.6) is 0 Å². The van der Waals surface area contributed by atoms with Crippen LogP contribution < -0.4 is 0 Å². The molecule has 1 heterocycles. The van der Waals surface area contributed by atoms with E-state index in [1.165, 1.54) is 24.0 Å². The second-order valence-electron chi connectivity index (χ2n) is 5.50. The molecule has 2 aromatic rings. The summed E-state index contributed by atoms with van der Waals surface area (Å²) >= 11 is 0. The maximum Gasteiger partial charge on any atom is 0.331 e. The highest BCUT2D eigenvalue weighted by Crippen LogP contribution is 2.21. The average molecular weight is 312 g/mol. The largest absolute Gasteiger partial charge is 0.465 e. The van der Waals surface area contributed by atoms with Crippen molar-refractivity contribution in [3.05, 3.63) is 64.1 Å². The second-order valence-corrected chi connectivity index (χ2v) is 5.50. The Bertz CT molecular complexity index is 752. The molecule has 0 amide bonds. The lowest BCUT2D eigenvalue weighted by Gasteiger charge is -2.13. The van der Waals surface area contributed by atoms with Gasteiger partial charge >= 0.3 is 5.97 Å². The predicted octanol–water partition coefficient (Wildman–Crippen LogP) is 3.95. The molecule has 0 saturated carbocycles. The molecule has 4 nitrogen and oxygen atoms in total. The van der Waals surface area contributed by atoms with Crippen LogP contribution in [0.1, 0.15) is 38.4 Å². The highest BCUT2D eigenvalue weighted by Gasteiger charge is 2.15. The third kappa shape index (κ3) is 3.97. The fourth-order valence-corrected chi connectivity index (χ4v) is 2.30. The molecular weight excluding hydrogens is 292 g/mol. The maximum atomic E-state index is 12.3. The number of benzene rings is 1. The van der Waals surface area contributed by atoms with Crippen LogP contribution in [-0.2, 0) is 9.53 Å². The van der Waals surface area contributed by atoms with Crippen LogP contribution in [0.2, 0.25) is 0 Å². The standard InChI is InChI=1S/C19H20O4/c1-12-10-17(15(4)14(3)13(12)2)18(20)11-23-19(21)8-7-16-6-5-9-22-16/h5-10H,11H2,1-4H3/b8-7+. The third-order valence-corrected chi connectivity index (χ3v) is 4.05. The molecule has 0 saturated heterocycles. The van der Waals surface area contributed by atoms with Crippen molar-refractivity contribution in [1.82, 2.24) is 0 Å². The van der Waals surface area contributed by atoms with E-state index in [4.69, 9.17) is 9.15 Å². The summed E-state index contributed by atoms with van der Waals surface area (Å²) in [4.78, 5) is 23.9. The fourth-order valence-electron chi connectivity index (χ4n) is 2.30. The number of hydrogen-bond donors (Lipinski definition) is 0. The average Bonchev–Trinajstić information content (AvgIpc) is 3.05. The van der Waals surface area contributed by atoms with Crippen molar-refractivity contribution in [2.24, 2.45) is 0 Å². The SMILES string of the molecule is Cc1cc(C(=O)COC(=O)/C=C/c2ccco2)c(C)c(C)c1C. The van der Waals surface area contributed by atoms with Gasteiger partial charge in [-0.3, -0.25) is 4.79 Å². The van der Waals surface area contributed by atoms with Crippen LogP contribution in [0.4, 0.5) is 0 Å². The Kier molecular flexibility index (Phi) is 5.16. The fraction of sp³-hybridized carbons (Fsp3) is 0.263. The topological polar surface area (TPSA) is 56.5 Å². The normalized spacial score (nSPS) is 11.0. The van der Waals surface area contributed by atoms with E-state index in [0.717, 1.165) is 16.7 Å². The van der Waals surface area contributed by atoms with Crippen molar-refractivity contribution in [2.45, 2.75) is 27.7 Å². The third-order valence-electron chi connectivity index (χ3n) is 4.05. The molecule has 0 N–H and O–H groups in total. The highest BCUT2D eigenvalue weighted by atomic mass is 16.5. The summed E-state index contributed by atoms with van der Waals surface area (Å²) in [5.74, 6) is -0.227. The van der Waals surface area contributed by atoms with E-state index in [9.17, 15) is 9.59 Å². The number of carbonyl (C=O) groups excluding carboxylic acids is 2. The lowest BCUT2D eigenvalue weighted by atomic mass is 9.93. The van der Waals surface area contributed by atoms with Crippen molar-refractivity contribution < 1.29 is 18.7 Å². The predicted molar refractivity (Wildman–Crippen MR) is 88.4 cm³/mol. The molecule has 0 radical (unpaired) electrons. The molecular formula is C19H20O4.